The molecule has 8 heteroatoms. The molecule has 30 heavy (non-hydrogen) atoms. The SMILES string of the molecule is Cc1cc(N2CCC(c3ncc(N4CCNCC4)nc3C)CC2)c2cnn(C)c2n1. The van der Waals surface area contributed by atoms with E-state index in [1.54, 1.807) is 0 Å². The first-order valence-electron chi connectivity index (χ1n) is 10.9. The van der Waals surface area contributed by atoms with E-state index >= 15 is 0 Å². The Balaban J connectivity index is 1.32. The molecule has 2 aliphatic rings. The van der Waals surface area contributed by atoms with E-state index in [1.165, 1.54) is 11.4 Å². The molecular weight excluding hydrogens is 376 g/mol. The van der Waals surface area contributed by atoms with Crippen LogP contribution in [0.15, 0.2) is 18.5 Å². The van der Waals surface area contributed by atoms with Crippen LogP contribution in [0, 0.1) is 13.8 Å². The minimum atomic E-state index is 0.471. The summed E-state index contributed by atoms with van der Waals surface area (Å²) < 4.78 is 1.86. The van der Waals surface area contributed by atoms with Crippen LogP contribution in [0.3, 0.4) is 0 Å². The van der Waals surface area contributed by atoms with Gasteiger partial charge in [-0.25, -0.2) is 9.97 Å². The van der Waals surface area contributed by atoms with E-state index in [-0.39, 0.29) is 0 Å². The van der Waals surface area contributed by atoms with Crippen molar-refractivity contribution >= 4 is 22.5 Å². The van der Waals surface area contributed by atoms with Crippen LogP contribution in [0.1, 0.15) is 35.8 Å². The molecule has 0 aromatic carbocycles. The number of aromatic nitrogens is 5. The van der Waals surface area contributed by atoms with Crippen LogP contribution >= 0.6 is 0 Å². The lowest BCUT2D eigenvalue weighted by Crippen LogP contribution is -2.44. The average molecular weight is 407 g/mol. The number of fused-ring (bicyclic) bond motifs is 1. The van der Waals surface area contributed by atoms with Crippen molar-refractivity contribution in [3.05, 3.63) is 35.5 Å². The summed E-state index contributed by atoms with van der Waals surface area (Å²) >= 11 is 0. The summed E-state index contributed by atoms with van der Waals surface area (Å²) in [5.41, 5.74) is 5.50. The second-order valence-electron chi connectivity index (χ2n) is 8.49. The number of anilines is 2. The summed E-state index contributed by atoms with van der Waals surface area (Å²) in [5.74, 6) is 1.49. The normalized spacial score (nSPS) is 18.4. The standard InChI is InChI=1S/C22H30N8/c1-15-12-19(18-13-25-28(3)22(18)26-15)29-8-4-17(5-9-29)21-16(2)27-20(14-24-21)30-10-6-23-7-11-30/h12-14,17,23H,4-11H2,1-3H3. The van der Waals surface area contributed by atoms with Crippen molar-refractivity contribution in [1.29, 1.82) is 0 Å². The summed E-state index contributed by atoms with van der Waals surface area (Å²) in [7, 11) is 1.95. The van der Waals surface area contributed by atoms with E-state index in [0.717, 1.165) is 80.3 Å². The maximum atomic E-state index is 4.91. The van der Waals surface area contributed by atoms with Gasteiger partial charge in [-0.1, -0.05) is 0 Å². The maximum absolute atomic E-state index is 4.91. The number of pyridine rings is 1. The van der Waals surface area contributed by atoms with Crippen molar-refractivity contribution < 1.29 is 0 Å². The van der Waals surface area contributed by atoms with Gasteiger partial charge in [0.25, 0.3) is 0 Å². The third kappa shape index (κ3) is 3.49. The predicted octanol–water partition coefficient (Wildman–Crippen LogP) is 2.17. The maximum Gasteiger partial charge on any atom is 0.159 e. The van der Waals surface area contributed by atoms with Crippen LogP contribution in [0.2, 0.25) is 0 Å². The number of piperazine rings is 1. The lowest BCUT2D eigenvalue weighted by Gasteiger charge is -2.34. The Morgan fingerprint density at radius 1 is 0.967 bits per heavy atom. The summed E-state index contributed by atoms with van der Waals surface area (Å²) in [6, 6.07) is 2.19. The lowest BCUT2D eigenvalue weighted by molar-refractivity contribution is 0.492. The smallest absolute Gasteiger partial charge is 0.159 e. The van der Waals surface area contributed by atoms with Crippen molar-refractivity contribution in [2.75, 3.05) is 49.1 Å². The highest BCUT2D eigenvalue weighted by molar-refractivity contribution is 5.89. The Labute approximate surface area is 177 Å². The Morgan fingerprint density at radius 3 is 2.47 bits per heavy atom. The fraction of sp³-hybridized carbons (Fsp3) is 0.545. The van der Waals surface area contributed by atoms with E-state index in [2.05, 4.69) is 45.1 Å². The second-order valence-corrected chi connectivity index (χ2v) is 8.49. The van der Waals surface area contributed by atoms with Crippen molar-refractivity contribution in [3.8, 4) is 0 Å². The zero-order valence-electron chi connectivity index (χ0n) is 18.1. The number of piperidine rings is 1. The van der Waals surface area contributed by atoms with Gasteiger partial charge < -0.3 is 15.1 Å². The number of hydrogen-bond donors (Lipinski definition) is 1. The zero-order chi connectivity index (χ0) is 20.7. The van der Waals surface area contributed by atoms with Gasteiger partial charge in [-0.15, -0.1) is 0 Å². The highest BCUT2D eigenvalue weighted by Crippen LogP contribution is 2.34. The van der Waals surface area contributed by atoms with Crippen molar-refractivity contribution in [1.82, 2.24) is 30.0 Å². The van der Waals surface area contributed by atoms with Crippen LogP contribution in [0.5, 0.6) is 0 Å². The molecule has 0 unspecified atom stereocenters. The minimum Gasteiger partial charge on any atom is -0.371 e. The second kappa shape index (κ2) is 7.83. The Hall–Kier alpha value is -2.74. The molecule has 8 nitrogen and oxygen atoms in total. The summed E-state index contributed by atoms with van der Waals surface area (Å²) in [6.07, 6.45) is 6.09. The molecule has 5 heterocycles. The van der Waals surface area contributed by atoms with Gasteiger partial charge in [0.1, 0.15) is 5.82 Å². The van der Waals surface area contributed by atoms with Crippen LogP contribution in [-0.4, -0.2) is 64.0 Å². The topological polar surface area (TPSA) is 75.0 Å². The largest absolute Gasteiger partial charge is 0.371 e. The fourth-order valence-electron chi connectivity index (χ4n) is 4.80. The molecule has 3 aromatic rings. The van der Waals surface area contributed by atoms with E-state index in [1.807, 2.05) is 24.1 Å². The molecule has 0 atom stereocenters. The Morgan fingerprint density at radius 2 is 1.73 bits per heavy atom. The van der Waals surface area contributed by atoms with Crippen molar-refractivity contribution in [2.45, 2.75) is 32.6 Å². The molecule has 2 aliphatic heterocycles. The molecule has 0 aliphatic carbocycles. The molecule has 2 saturated heterocycles. The van der Waals surface area contributed by atoms with Gasteiger partial charge in [-0.2, -0.15) is 5.10 Å². The summed E-state index contributed by atoms with van der Waals surface area (Å²) in [6.45, 7) is 10.2. The zero-order valence-corrected chi connectivity index (χ0v) is 18.1. The van der Waals surface area contributed by atoms with Crippen LogP contribution in [0.4, 0.5) is 11.5 Å². The van der Waals surface area contributed by atoms with Crippen LogP contribution < -0.4 is 15.1 Å². The van der Waals surface area contributed by atoms with Gasteiger partial charge in [0, 0.05) is 57.9 Å². The van der Waals surface area contributed by atoms with Gasteiger partial charge in [-0.3, -0.25) is 9.67 Å². The highest BCUT2D eigenvalue weighted by atomic mass is 15.3. The summed E-state index contributed by atoms with van der Waals surface area (Å²) in [4.78, 5) is 19.2. The molecular formula is C22H30N8. The highest BCUT2D eigenvalue weighted by Gasteiger charge is 2.26. The quantitative estimate of drug-likeness (QED) is 0.714. The summed E-state index contributed by atoms with van der Waals surface area (Å²) in [5, 5.41) is 8.94. The van der Waals surface area contributed by atoms with Crippen molar-refractivity contribution in [2.24, 2.45) is 7.05 Å². The molecule has 3 aromatic heterocycles. The Bertz CT molecular complexity index is 1040. The number of rotatable bonds is 3. The van der Waals surface area contributed by atoms with Gasteiger partial charge in [0.15, 0.2) is 5.65 Å². The van der Waals surface area contributed by atoms with Crippen molar-refractivity contribution in [3.63, 3.8) is 0 Å². The molecule has 0 bridgehead atoms. The van der Waals surface area contributed by atoms with Crippen LogP contribution in [-0.2, 0) is 7.05 Å². The average Bonchev–Trinajstić information content (AvgIpc) is 3.14. The van der Waals surface area contributed by atoms with Crippen LogP contribution in [0.25, 0.3) is 11.0 Å². The van der Waals surface area contributed by atoms with E-state index in [4.69, 9.17) is 9.97 Å². The number of nitrogens with zero attached hydrogens (tertiary/aromatic N) is 7. The molecule has 0 radical (unpaired) electrons. The molecule has 0 saturated carbocycles. The van der Waals surface area contributed by atoms with E-state index in [9.17, 15) is 0 Å². The van der Waals surface area contributed by atoms with E-state index in [0.29, 0.717) is 5.92 Å². The first-order valence-corrected chi connectivity index (χ1v) is 10.9. The lowest BCUT2D eigenvalue weighted by atomic mass is 9.91. The number of aryl methyl sites for hydroxylation is 3. The number of nitrogens with one attached hydrogen (secondary N) is 1. The molecule has 5 rings (SSSR count). The van der Waals surface area contributed by atoms with Gasteiger partial charge >= 0.3 is 0 Å². The minimum absolute atomic E-state index is 0.471. The van der Waals surface area contributed by atoms with E-state index < -0.39 is 0 Å². The molecule has 1 N–H and O–H groups in total. The molecule has 0 spiro atoms. The molecule has 158 valence electrons. The van der Waals surface area contributed by atoms with Gasteiger partial charge in [0.05, 0.1) is 34.9 Å². The fourth-order valence-corrected chi connectivity index (χ4v) is 4.80. The molecule has 2 fully saturated rings. The third-order valence-electron chi connectivity index (χ3n) is 6.45. The van der Waals surface area contributed by atoms with Gasteiger partial charge in [0.2, 0.25) is 0 Å². The first kappa shape index (κ1) is 19.2. The molecule has 0 amide bonds. The van der Waals surface area contributed by atoms with Gasteiger partial charge in [-0.05, 0) is 32.8 Å². The number of hydrogen-bond acceptors (Lipinski definition) is 7. The third-order valence-corrected chi connectivity index (χ3v) is 6.45. The monoisotopic (exact) mass is 406 g/mol. The predicted molar refractivity (Wildman–Crippen MR) is 119 cm³/mol. The Kier molecular flexibility index (Phi) is 5.02. The first-order chi connectivity index (χ1) is 14.6.